The van der Waals surface area contributed by atoms with E-state index in [4.69, 9.17) is 5.73 Å². The zero-order valence-corrected chi connectivity index (χ0v) is 12.6. The van der Waals surface area contributed by atoms with Gasteiger partial charge in [0.05, 0.1) is 11.2 Å². The Kier molecular flexibility index (Phi) is 3.59. The molecule has 0 radical (unpaired) electrons. The summed E-state index contributed by atoms with van der Waals surface area (Å²) in [4.78, 5) is 20.2. The van der Waals surface area contributed by atoms with Crippen molar-refractivity contribution in [2.45, 2.75) is 19.9 Å². The molecule has 2 aromatic rings. The molecule has 21 heavy (non-hydrogen) atoms. The molecule has 1 aliphatic rings. The standard InChI is InChI=1S/C16H22N4O/c1-3-19-7-8-20(10-11(19)2)16(21)14-9-12-5-4-6-13(17)15(12)18-14/h4-6,9,11,18H,3,7-8,10,17H2,1-2H3. The molecule has 1 aromatic heterocycles. The van der Waals surface area contributed by atoms with Crippen LogP contribution in [0.2, 0.25) is 0 Å². The Morgan fingerprint density at radius 1 is 1.43 bits per heavy atom. The first kappa shape index (κ1) is 13.9. The number of fused-ring (bicyclic) bond motifs is 1. The molecular weight excluding hydrogens is 264 g/mol. The average Bonchev–Trinajstić information content (AvgIpc) is 2.92. The van der Waals surface area contributed by atoms with Crippen molar-refractivity contribution >= 4 is 22.5 Å². The molecule has 5 nitrogen and oxygen atoms in total. The molecule has 0 saturated carbocycles. The Hall–Kier alpha value is -2.01. The van der Waals surface area contributed by atoms with Crippen LogP contribution in [0.4, 0.5) is 5.69 Å². The fourth-order valence-electron chi connectivity index (χ4n) is 3.11. The molecule has 0 bridgehead atoms. The summed E-state index contributed by atoms with van der Waals surface area (Å²) in [6, 6.07) is 8.01. The van der Waals surface area contributed by atoms with Crippen LogP contribution < -0.4 is 5.73 Å². The van der Waals surface area contributed by atoms with Crippen LogP contribution in [0.1, 0.15) is 24.3 Å². The number of nitrogens with zero attached hydrogens (tertiary/aromatic N) is 2. The van der Waals surface area contributed by atoms with Gasteiger partial charge in [0.15, 0.2) is 0 Å². The van der Waals surface area contributed by atoms with Gasteiger partial charge in [0.25, 0.3) is 5.91 Å². The fraction of sp³-hybridized carbons (Fsp3) is 0.438. The first-order valence-corrected chi connectivity index (χ1v) is 7.50. The van der Waals surface area contributed by atoms with Crippen LogP contribution >= 0.6 is 0 Å². The number of piperazine rings is 1. The molecule has 0 spiro atoms. The molecule has 112 valence electrons. The number of rotatable bonds is 2. The van der Waals surface area contributed by atoms with Gasteiger partial charge in [-0.15, -0.1) is 0 Å². The number of benzene rings is 1. The van der Waals surface area contributed by atoms with Crippen LogP contribution in [-0.2, 0) is 0 Å². The van der Waals surface area contributed by atoms with E-state index in [0.29, 0.717) is 17.4 Å². The maximum Gasteiger partial charge on any atom is 0.270 e. The highest BCUT2D eigenvalue weighted by atomic mass is 16.2. The third-order valence-corrected chi connectivity index (χ3v) is 4.38. The summed E-state index contributed by atoms with van der Waals surface area (Å²) in [6.07, 6.45) is 0. The predicted molar refractivity (Wildman–Crippen MR) is 85.3 cm³/mol. The minimum Gasteiger partial charge on any atom is -0.397 e. The topological polar surface area (TPSA) is 65.4 Å². The van der Waals surface area contributed by atoms with Gasteiger partial charge in [0.2, 0.25) is 0 Å². The lowest BCUT2D eigenvalue weighted by Gasteiger charge is -2.39. The summed E-state index contributed by atoms with van der Waals surface area (Å²) in [5, 5.41) is 0.985. The van der Waals surface area contributed by atoms with Crippen LogP contribution in [0.15, 0.2) is 24.3 Å². The summed E-state index contributed by atoms with van der Waals surface area (Å²) in [6.45, 7) is 7.86. The molecule has 2 heterocycles. The van der Waals surface area contributed by atoms with Gasteiger partial charge in [-0.1, -0.05) is 19.1 Å². The quantitative estimate of drug-likeness (QED) is 0.829. The number of para-hydroxylation sites is 1. The van der Waals surface area contributed by atoms with Gasteiger partial charge in [0.1, 0.15) is 5.69 Å². The fourth-order valence-corrected chi connectivity index (χ4v) is 3.11. The van der Waals surface area contributed by atoms with Gasteiger partial charge in [0, 0.05) is 31.1 Å². The normalized spacial score (nSPS) is 20.1. The SMILES string of the molecule is CCN1CCN(C(=O)c2cc3cccc(N)c3[nH]2)CC1C. The van der Waals surface area contributed by atoms with Crippen molar-refractivity contribution in [2.24, 2.45) is 0 Å². The average molecular weight is 286 g/mol. The molecule has 3 rings (SSSR count). The van der Waals surface area contributed by atoms with Crippen LogP contribution in [0.3, 0.4) is 0 Å². The van der Waals surface area contributed by atoms with Crippen molar-refractivity contribution in [3.63, 3.8) is 0 Å². The Morgan fingerprint density at radius 2 is 2.24 bits per heavy atom. The number of nitrogens with two attached hydrogens (primary N) is 1. The highest BCUT2D eigenvalue weighted by molar-refractivity contribution is 6.00. The van der Waals surface area contributed by atoms with Gasteiger partial charge in [-0.3, -0.25) is 9.69 Å². The lowest BCUT2D eigenvalue weighted by atomic mass is 10.1. The number of aromatic nitrogens is 1. The number of hydrogen-bond donors (Lipinski definition) is 2. The van der Waals surface area contributed by atoms with Crippen molar-refractivity contribution in [3.8, 4) is 0 Å². The Bertz CT molecular complexity index is 663. The summed E-state index contributed by atoms with van der Waals surface area (Å²) < 4.78 is 0. The smallest absolute Gasteiger partial charge is 0.270 e. The number of nitrogen functional groups attached to an aromatic ring is 1. The lowest BCUT2D eigenvalue weighted by Crippen LogP contribution is -2.53. The molecule has 1 amide bonds. The molecule has 1 aromatic carbocycles. The molecule has 1 unspecified atom stereocenters. The van der Waals surface area contributed by atoms with Gasteiger partial charge in [-0.2, -0.15) is 0 Å². The maximum atomic E-state index is 12.7. The summed E-state index contributed by atoms with van der Waals surface area (Å²) >= 11 is 0. The third-order valence-electron chi connectivity index (χ3n) is 4.38. The van der Waals surface area contributed by atoms with Crippen LogP contribution in [-0.4, -0.2) is 52.9 Å². The molecule has 3 N–H and O–H groups in total. The van der Waals surface area contributed by atoms with Crippen LogP contribution in [0, 0.1) is 0 Å². The molecule has 1 fully saturated rings. The second-order valence-corrected chi connectivity index (χ2v) is 5.72. The monoisotopic (exact) mass is 286 g/mol. The molecule has 1 atom stereocenters. The van der Waals surface area contributed by atoms with E-state index in [2.05, 4.69) is 23.7 Å². The minimum absolute atomic E-state index is 0.0632. The zero-order valence-electron chi connectivity index (χ0n) is 12.6. The third kappa shape index (κ3) is 2.49. The number of nitrogens with one attached hydrogen (secondary N) is 1. The predicted octanol–water partition coefficient (Wildman–Crippen LogP) is 1.92. The molecule has 0 aliphatic carbocycles. The van der Waals surface area contributed by atoms with E-state index in [9.17, 15) is 4.79 Å². The van der Waals surface area contributed by atoms with Gasteiger partial charge in [-0.25, -0.2) is 0 Å². The van der Waals surface area contributed by atoms with E-state index in [0.717, 1.165) is 37.1 Å². The van der Waals surface area contributed by atoms with Crippen molar-refractivity contribution in [3.05, 3.63) is 30.0 Å². The first-order chi connectivity index (χ1) is 10.1. The highest BCUT2D eigenvalue weighted by Gasteiger charge is 2.27. The minimum atomic E-state index is 0.0632. The number of hydrogen-bond acceptors (Lipinski definition) is 3. The van der Waals surface area contributed by atoms with Gasteiger partial charge >= 0.3 is 0 Å². The van der Waals surface area contributed by atoms with Crippen molar-refractivity contribution in [1.29, 1.82) is 0 Å². The Morgan fingerprint density at radius 3 is 2.90 bits per heavy atom. The zero-order chi connectivity index (χ0) is 15.0. The number of H-pyrrole nitrogens is 1. The van der Waals surface area contributed by atoms with E-state index < -0.39 is 0 Å². The van der Waals surface area contributed by atoms with E-state index in [1.807, 2.05) is 29.2 Å². The van der Waals surface area contributed by atoms with E-state index in [-0.39, 0.29) is 5.91 Å². The van der Waals surface area contributed by atoms with Crippen LogP contribution in [0.25, 0.3) is 10.9 Å². The van der Waals surface area contributed by atoms with E-state index >= 15 is 0 Å². The molecule has 1 saturated heterocycles. The van der Waals surface area contributed by atoms with Crippen molar-refractivity contribution in [2.75, 3.05) is 31.9 Å². The van der Waals surface area contributed by atoms with Crippen molar-refractivity contribution < 1.29 is 4.79 Å². The van der Waals surface area contributed by atoms with Crippen LogP contribution in [0.5, 0.6) is 0 Å². The molecular formula is C16H22N4O. The summed E-state index contributed by atoms with van der Waals surface area (Å²) in [7, 11) is 0. The number of likely N-dealkylation sites (N-methyl/N-ethyl adjacent to an activating group) is 1. The summed E-state index contributed by atoms with van der Waals surface area (Å²) in [5.41, 5.74) is 8.09. The number of anilines is 1. The number of aromatic amines is 1. The van der Waals surface area contributed by atoms with Gasteiger partial charge in [-0.05, 0) is 25.6 Å². The van der Waals surface area contributed by atoms with Crippen molar-refractivity contribution in [1.82, 2.24) is 14.8 Å². The van der Waals surface area contributed by atoms with Gasteiger partial charge < -0.3 is 15.6 Å². The maximum absolute atomic E-state index is 12.7. The Balaban J connectivity index is 1.82. The first-order valence-electron chi connectivity index (χ1n) is 7.50. The molecule has 5 heteroatoms. The Labute approximate surface area is 124 Å². The number of carbonyl (C=O) groups is 1. The van der Waals surface area contributed by atoms with E-state index in [1.165, 1.54) is 0 Å². The lowest BCUT2D eigenvalue weighted by molar-refractivity contribution is 0.0524. The number of carbonyl (C=O) groups excluding carboxylic acids is 1. The largest absolute Gasteiger partial charge is 0.397 e. The number of amides is 1. The molecule has 1 aliphatic heterocycles. The summed E-state index contributed by atoms with van der Waals surface area (Å²) in [5.74, 6) is 0.0632. The van der Waals surface area contributed by atoms with E-state index in [1.54, 1.807) is 0 Å². The highest BCUT2D eigenvalue weighted by Crippen LogP contribution is 2.22. The second-order valence-electron chi connectivity index (χ2n) is 5.72. The second kappa shape index (κ2) is 5.41.